The molecular formula is C17H21NO4. The van der Waals surface area contributed by atoms with E-state index in [0.29, 0.717) is 17.7 Å². The molecule has 2 rings (SSSR count). The molecule has 0 fully saturated rings. The highest BCUT2D eigenvalue weighted by Gasteiger charge is 2.42. The Kier molecular flexibility index (Phi) is 5.31. The molecule has 5 heteroatoms. The number of esters is 1. The number of hydrogen-bond acceptors (Lipinski definition) is 4. The molecule has 0 saturated heterocycles. The summed E-state index contributed by atoms with van der Waals surface area (Å²) >= 11 is 0. The Morgan fingerprint density at radius 3 is 2.59 bits per heavy atom. The lowest BCUT2D eigenvalue weighted by molar-refractivity contribution is -0.148. The number of fused-ring (bicyclic) bond motifs is 1. The molecule has 1 unspecified atom stereocenters. The van der Waals surface area contributed by atoms with Crippen LogP contribution in [0.4, 0.5) is 0 Å². The van der Waals surface area contributed by atoms with Crippen molar-refractivity contribution in [3.05, 3.63) is 35.4 Å². The molecule has 1 aromatic carbocycles. The molecular weight excluding hydrogens is 282 g/mol. The fourth-order valence-corrected chi connectivity index (χ4v) is 2.73. The minimum Gasteiger partial charge on any atom is -0.468 e. The third kappa shape index (κ3) is 3.03. The first-order chi connectivity index (χ1) is 10.6. The van der Waals surface area contributed by atoms with Crippen molar-refractivity contribution >= 4 is 17.8 Å². The van der Waals surface area contributed by atoms with Crippen LogP contribution in [0.25, 0.3) is 0 Å². The van der Waals surface area contributed by atoms with E-state index >= 15 is 0 Å². The third-order valence-corrected chi connectivity index (χ3v) is 3.93. The third-order valence-electron chi connectivity index (χ3n) is 3.93. The molecule has 5 nitrogen and oxygen atoms in total. The predicted molar refractivity (Wildman–Crippen MR) is 81.4 cm³/mol. The van der Waals surface area contributed by atoms with Gasteiger partial charge in [-0.1, -0.05) is 44.4 Å². The maximum Gasteiger partial charge on any atom is 0.322 e. The average Bonchev–Trinajstić information content (AvgIpc) is 2.54. The van der Waals surface area contributed by atoms with Crippen LogP contribution in [-0.4, -0.2) is 36.3 Å². The highest BCUT2D eigenvalue weighted by atomic mass is 16.5. The lowest BCUT2D eigenvalue weighted by Crippen LogP contribution is -2.47. The molecule has 0 bridgehead atoms. The number of imide groups is 1. The minimum absolute atomic E-state index is 0.322. The maximum atomic E-state index is 12.6. The number of hydrogen-bond donors (Lipinski definition) is 0. The topological polar surface area (TPSA) is 63.7 Å². The van der Waals surface area contributed by atoms with Crippen molar-refractivity contribution in [3.63, 3.8) is 0 Å². The first kappa shape index (κ1) is 16.2. The van der Waals surface area contributed by atoms with Crippen molar-refractivity contribution in [1.82, 2.24) is 4.90 Å². The summed E-state index contributed by atoms with van der Waals surface area (Å²) in [6, 6.07) is 6.74. The van der Waals surface area contributed by atoms with E-state index in [1.807, 2.05) is 0 Å². The van der Waals surface area contributed by atoms with Crippen LogP contribution in [0.5, 0.6) is 0 Å². The monoisotopic (exact) mass is 303 g/mol. The second kappa shape index (κ2) is 7.20. The van der Waals surface area contributed by atoms with Crippen molar-refractivity contribution in [2.24, 2.45) is 0 Å². The Morgan fingerprint density at radius 1 is 1.18 bits per heavy atom. The molecule has 1 aliphatic heterocycles. The summed E-state index contributed by atoms with van der Waals surface area (Å²) in [4.78, 5) is 38.2. The van der Waals surface area contributed by atoms with Crippen molar-refractivity contribution in [2.45, 2.75) is 38.5 Å². The molecule has 1 atom stereocenters. The summed E-state index contributed by atoms with van der Waals surface area (Å²) in [7, 11) is 1.25. The number of benzene rings is 1. The van der Waals surface area contributed by atoms with Crippen LogP contribution in [0.15, 0.2) is 24.3 Å². The van der Waals surface area contributed by atoms with Crippen LogP contribution in [0.1, 0.15) is 54.4 Å². The summed E-state index contributed by atoms with van der Waals surface area (Å²) < 4.78 is 4.75. The van der Waals surface area contributed by atoms with Gasteiger partial charge in [0, 0.05) is 12.1 Å². The van der Waals surface area contributed by atoms with Gasteiger partial charge in [0.1, 0.15) is 0 Å². The molecule has 0 spiro atoms. The van der Waals surface area contributed by atoms with Gasteiger partial charge in [-0.15, -0.1) is 0 Å². The first-order valence-electron chi connectivity index (χ1n) is 7.64. The molecule has 0 radical (unpaired) electrons. The normalized spacial score (nSPS) is 17.4. The second-order valence-electron chi connectivity index (χ2n) is 5.40. The van der Waals surface area contributed by atoms with Gasteiger partial charge in [0.15, 0.2) is 5.92 Å². The van der Waals surface area contributed by atoms with Gasteiger partial charge < -0.3 is 4.74 Å². The maximum absolute atomic E-state index is 12.6. The summed E-state index contributed by atoms with van der Waals surface area (Å²) in [6.45, 7) is 2.44. The van der Waals surface area contributed by atoms with Gasteiger partial charge in [-0.25, -0.2) is 0 Å². The molecule has 0 aromatic heterocycles. The van der Waals surface area contributed by atoms with Crippen LogP contribution in [0.2, 0.25) is 0 Å². The highest BCUT2D eigenvalue weighted by Crippen LogP contribution is 2.30. The van der Waals surface area contributed by atoms with Crippen molar-refractivity contribution in [1.29, 1.82) is 0 Å². The quantitative estimate of drug-likeness (QED) is 0.350. The van der Waals surface area contributed by atoms with E-state index in [0.717, 1.165) is 25.7 Å². The average molecular weight is 303 g/mol. The summed E-state index contributed by atoms with van der Waals surface area (Å²) in [5.41, 5.74) is 0.849. The molecule has 1 aromatic rings. The van der Waals surface area contributed by atoms with Gasteiger partial charge in [0.25, 0.3) is 5.91 Å². The Labute approximate surface area is 130 Å². The van der Waals surface area contributed by atoms with Gasteiger partial charge in [0.05, 0.1) is 7.11 Å². The Morgan fingerprint density at radius 2 is 1.91 bits per heavy atom. The molecule has 22 heavy (non-hydrogen) atoms. The standard InChI is InChI=1S/C17H21NO4/c1-3-4-5-8-11-18-15(19)13-10-7-6-9-12(13)14(16(18)20)17(21)22-2/h6-7,9-10,14H,3-5,8,11H2,1-2H3. The Bertz CT molecular complexity index is 582. The second-order valence-corrected chi connectivity index (χ2v) is 5.40. The summed E-state index contributed by atoms with van der Waals surface area (Å²) in [5, 5.41) is 0. The van der Waals surface area contributed by atoms with E-state index in [1.54, 1.807) is 24.3 Å². The highest BCUT2D eigenvalue weighted by molar-refractivity contribution is 6.18. The number of carbonyl (C=O) groups excluding carboxylic acids is 3. The van der Waals surface area contributed by atoms with Gasteiger partial charge in [-0.05, 0) is 18.1 Å². The number of methoxy groups -OCH3 is 1. The SMILES string of the molecule is CCCCCCN1C(=O)c2ccccc2C(C(=O)OC)C1=O. The van der Waals surface area contributed by atoms with Gasteiger partial charge >= 0.3 is 5.97 Å². The molecule has 0 saturated carbocycles. The van der Waals surface area contributed by atoms with Crippen molar-refractivity contribution < 1.29 is 19.1 Å². The number of ether oxygens (including phenoxy) is 1. The fourth-order valence-electron chi connectivity index (χ4n) is 2.73. The van der Waals surface area contributed by atoms with Gasteiger partial charge in [-0.2, -0.15) is 0 Å². The van der Waals surface area contributed by atoms with E-state index < -0.39 is 17.8 Å². The number of nitrogens with zero attached hydrogens (tertiary/aromatic N) is 1. The number of carbonyl (C=O) groups is 3. The zero-order chi connectivity index (χ0) is 16.1. The van der Waals surface area contributed by atoms with Crippen molar-refractivity contribution in [3.8, 4) is 0 Å². The van der Waals surface area contributed by atoms with Crippen LogP contribution in [0.3, 0.4) is 0 Å². The largest absolute Gasteiger partial charge is 0.468 e. The molecule has 1 heterocycles. The van der Waals surface area contributed by atoms with E-state index in [4.69, 9.17) is 4.74 Å². The smallest absolute Gasteiger partial charge is 0.322 e. The van der Waals surface area contributed by atoms with E-state index in [9.17, 15) is 14.4 Å². The summed E-state index contributed by atoms with van der Waals surface area (Å²) in [5.74, 6) is -2.46. The predicted octanol–water partition coefficient (Wildman–Crippen LogP) is 2.51. The van der Waals surface area contributed by atoms with Gasteiger partial charge in [0.2, 0.25) is 5.91 Å². The molecule has 118 valence electrons. The van der Waals surface area contributed by atoms with E-state index in [2.05, 4.69) is 6.92 Å². The first-order valence-corrected chi connectivity index (χ1v) is 7.64. The van der Waals surface area contributed by atoms with Crippen LogP contribution in [0, 0.1) is 0 Å². The minimum atomic E-state index is -1.04. The lowest BCUT2D eigenvalue weighted by Gasteiger charge is -2.31. The van der Waals surface area contributed by atoms with Crippen LogP contribution < -0.4 is 0 Å². The van der Waals surface area contributed by atoms with Crippen molar-refractivity contribution in [2.75, 3.05) is 13.7 Å². The molecule has 0 aliphatic carbocycles. The van der Waals surface area contributed by atoms with E-state index in [1.165, 1.54) is 12.0 Å². The Hall–Kier alpha value is -2.17. The number of rotatable bonds is 6. The summed E-state index contributed by atoms with van der Waals surface area (Å²) in [6.07, 6.45) is 3.85. The number of amides is 2. The van der Waals surface area contributed by atoms with E-state index in [-0.39, 0.29) is 5.91 Å². The fraction of sp³-hybridized carbons (Fsp3) is 0.471. The van der Waals surface area contributed by atoms with Gasteiger partial charge in [-0.3, -0.25) is 19.3 Å². The lowest BCUT2D eigenvalue weighted by atomic mass is 9.88. The zero-order valence-electron chi connectivity index (χ0n) is 13.0. The Balaban J connectivity index is 2.29. The zero-order valence-corrected chi connectivity index (χ0v) is 13.0. The number of unbranched alkanes of at least 4 members (excludes halogenated alkanes) is 3. The molecule has 0 N–H and O–H groups in total. The van der Waals surface area contributed by atoms with Crippen LogP contribution in [-0.2, 0) is 14.3 Å². The van der Waals surface area contributed by atoms with Crippen LogP contribution >= 0.6 is 0 Å². The molecule has 1 aliphatic rings. The molecule has 2 amide bonds.